The zero-order chi connectivity index (χ0) is 27.4. The predicted molar refractivity (Wildman–Crippen MR) is 127 cm³/mol. The fraction of sp³-hybridized carbons (Fsp3) is 0.955. The van der Waals surface area contributed by atoms with Gasteiger partial charge in [0.15, 0.2) is 12.6 Å². The monoisotopic (exact) mass is 537 g/mol. The molecule has 14 atom stereocenters. The van der Waals surface area contributed by atoms with Gasteiger partial charge in [-0.2, -0.15) is 0 Å². The lowest BCUT2D eigenvalue weighted by molar-refractivity contribution is -0.289. The summed E-state index contributed by atoms with van der Waals surface area (Å²) in [4.78, 5) is 12.4. The molecule has 0 aromatic heterocycles. The summed E-state index contributed by atoms with van der Waals surface area (Å²) in [5.41, 5.74) is 24.0. The molecule has 0 unspecified atom stereocenters. The van der Waals surface area contributed by atoms with Crippen LogP contribution in [0.1, 0.15) is 32.6 Å². The topological polar surface area (TPSA) is 271 Å². The second kappa shape index (κ2) is 13.3. The van der Waals surface area contributed by atoms with Crippen molar-refractivity contribution in [3.63, 3.8) is 0 Å². The van der Waals surface area contributed by atoms with Crippen molar-refractivity contribution < 1.29 is 49.3 Å². The largest absolute Gasteiger partial charge is 0.394 e. The fourth-order valence-electron chi connectivity index (χ4n) is 4.92. The van der Waals surface area contributed by atoms with Gasteiger partial charge in [-0.25, -0.2) is 0 Å². The molecule has 2 heterocycles. The third-order valence-corrected chi connectivity index (χ3v) is 7.20. The number of nitrogens with two attached hydrogens (primary N) is 4. The van der Waals surface area contributed by atoms with E-state index in [4.69, 9.17) is 41.9 Å². The average molecular weight is 538 g/mol. The molecule has 1 amide bonds. The van der Waals surface area contributed by atoms with Gasteiger partial charge in [0.2, 0.25) is 5.91 Å². The maximum absolute atomic E-state index is 12.4. The molecule has 3 aliphatic rings. The van der Waals surface area contributed by atoms with Crippen LogP contribution in [0.3, 0.4) is 0 Å². The lowest BCUT2D eigenvalue weighted by Gasteiger charge is -2.47. The van der Waals surface area contributed by atoms with Crippen LogP contribution in [0.4, 0.5) is 0 Å². The number of hydrogen-bond acceptors (Lipinski definition) is 14. The Hall–Kier alpha value is -1.05. The van der Waals surface area contributed by atoms with E-state index in [1.165, 1.54) is 0 Å². The SMILES string of the molecule is C[C@@H](N)[C@@H]1CC[C@@H](N)[C@H](O[C@@H]2[C@@H](O[C@H]3O[C@H](CO)[C@@H](O)[C@H]3O)[C@H](O)[C@@H](NC(=O)[C@@H](O)CCN)C[C@H]2N)O1. The van der Waals surface area contributed by atoms with Crippen molar-refractivity contribution in [2.75, 3.05) is 13.2 Å². The number of rotatable bonds is 10. The Morgan fingerprint density at radius 3 is 2.30 bits per heavy atom. The Bertz CT molecular complexity index is 738. The molecule has 0 spiro atoms. The molecule has 0 aromatic rings. The van der Waals surface area contributed by atoms with Gasteiger partial charge in [-0.1, -0.05) is 0 Å². The molecule has 3 rings (SSSR count). The minimum atomic E-state index is -1.54. The summed E-state index contributed by atoms with van der Waals surface area (Å²) in [6, 6.07) is -2.59. The van der Waals surface area contributed by atoms with E-state index in [2.05, 4.69) is 5.32 Å². The maximum atomic E-state index is 12.4. The molecule has 0 bridgehead atoms. The lowest BCUT2D eigenvalue weighted by Crippen LogP contribution is -2.67. The molecular formula is C22H43N5O10. The van der Waals surface area contributed by atoms with Crippen LogP contribution in [0.2, 0.25) is 0 Å². The highest BCUT2D eigenvalue weighted by Gasteiger charge is 2.51. The molecule has 3 fully saturated rings. The normalized spacial score (nSPS) is 44.4. The summed E-state index contributed by atoms with van der Waals surface area (Å²) in [6.45, 7) is 1.30. The number of aliphatic hydroxyl groups is 5. The van der Waals surface area contributed by atoms with Crippen molar-refractivity contribution in [2.24, 2.45) is 22.9 Å². The molecule has 1 saturated carbocycles. The van der Waals surface area contributed by atoms with Crippen LogP contribution in [-0.2, 0) is 23.7 Å². The van der Waals surface area contributed by atoms with Crippen LogP contribution < -0.4 is 28.3 Å². The number of carbonyl (C=O) groups is 1. The number of amides is 1. The van der Waals surface area contributed by atoms with Gasteiger partial charge in [0.05, 0.1) is 24.8 Å². The number of ether oxygens (including phenoxy) is 4. The Labute approximate surface area is 215 Å². The molecule has 216 valence electrons. The minimum absolute atomic E-state index is 0.0204. The van der Waals surface area contributed by atoms with Crippen molar-refractivity contribution in [1.29, 1.82) is 0 Å². The van der Waals surface area contributed by atoms with Crippen molar-refractivity contribution in [2.45, 2.75) is 118 Å². The van der Waals surface area contributed by atoms with Gasteiger partial charge in [0.1, 0.15) is 42.7 Å². The Kier molecular flexibility index (Phi) is 11.0. The van der Waals surface area contributed by atoms with E-state index in [9.17, 15) is 30.3 Å². The molecule has 15 heteroatoms. The van der Waals surface area contributed by atoms with E-state index in [0.29, 0.717) is 12.8 Å². The fourth-order valence-corrected chi connectivity index (χ4v) is 4.92. The zero-order valence-corrected chi connectivity index (χ0v) is 20.9. The summed E-state index contributed by atoms with van der Waals surface area (Å²) in [5, 5.41) is 53.7. The first-order valence-corrected chi connectivity index (χ1v) is 12.7. The van der Waals surface area contributed by atoms with E-state index in [0.717, 1.165) is 0 Å². The number of aliphatic hydroxyl groups excluding tert-OH is 5. The van der Waals surface area contributed by atoms with Crippen LogP contribution in [0, 0.1) is 0 Å². The predicted octanol–water partition coefficient (Wildman–Crippen LogP) is -5.34. The van der Waals surface area contributed by atoms with Crippen molar-refractivity contribution in [3.8, 4) is 0 Å². The first-order chi connectivity index (χ1) is 17.5. The van der Waals surface area contributed by atoms with Crippen molar-refractivity contribution in [3.05, 3.63) is 0 Å². The zero-order valence-electron chi connectivity index (χ0n) is 20.9. The first-order valence-electron chi connectivity index (χ1n) is 12.7. The van der Waals surface area contributed by atoms with Crippen LogP contribution in [-0.4, -0.2) is 130 Å². The first kappa shape index (κ1) is 30.5. The second-order valence-corrected chi connectivity index (χ2v) is 10.1. The molecule has 2 aliphatic heterocycles. The van der Waals surface area contributed by atoms with Gasteiger partial charge >= 0.3 is 0 Å². The molecule has 2 saturated heterocycles. The third kappa shape index (κ3) is 7.13. The molecule has 0 aromatic carbocycles. The molecule has 1 aliphatic carbocycles. The Morgan fingerprint density at radius 2 is 1.70 bits per heavy atom. The van der Waals surface area contributed by atoms with Gasteiger partial charge in [0.25, 0.3) is 0 Å². The molecule has 0 radical (unpaired) electrons. The van der Waals surface area contributed by atoms with Crippen LogP contribution >= 0.6 is 0 Å². The third-order valence-electron chi connectivity index (χ3n) is 7.20. The highest BCUT2D eigenvalue weighted by Crippen LogP contribution is 2.32. The molecule has 37 heavy (non-hydrogen) atoms. The van der Waals surface area contributed by atoms with Crippen LogP contribution in [0.5, 0.6) is 0 Å². The maximum Gasteiger partial charge on any atom is 0.249 e. The van der Waals surface area contributed by atoms with E-state index in [1.807, 2.05) is 0 Å². The smallest absolute Gasteiger partial charge is 0.249 e. The lowest BCUT2D eigenvalue weighted by atomic mass is 9.83. The summed E-state index contributed by atoms with van der Waals surface area (Å²) in [5.74, 6) is -0.745. The van der Waals surface area contributed by atoms with E-state index < -0.39 is 85.9 Å². The van der Waals surface area contributed by atoms with Crippen molar-refractivity contribution in [1.82, 2.24) is 5.32 Å². The second-order valence-electron chi connectivity index (χ2n) is 10.1. The van der Waals surface area contributed by atoms with Gasteiger partial charge in [-0.15, -0.1) is 0 Å². The van der Waals surface area contributed by atoms with Crippen LogP contribution in [0.25, 0.3) is 0 Å². The van der Waals surface area contributed by atoms with Gasteiger partial charge < -0.3 is 72.7 Å². The summed E-state index contributed by atoms with van der Waals surface area (Å²) >= 11 is 0. The highest BCUT2D eigenvalue weighted by atomic mass is 16.7. The van der Waals surface area contributed by atoms with Gasteiger partial charge in [-0.3, -0.25) is 4.79 Å². The molecule has 14 N–H and O–H groups in total. The van der Waals surface area contributed by atoms with Gasteiger partial charge in [0, 0.05) is 12.1 Å². The van der Waals surface area contributed by atoms with E-state index in [1.54, 1.807) is 6.92 Å². The Morgan fingerprint density at radius 1 is 1.03 bits per heavy atom. The van der Waals surface area contributed by atoms with Crippen LogP contribution in [0.15, 0.2) is 0 Å². The minimum Gasteiger partial charge on any atom is -0.394 e. The average Bonchev–Trinajstić information content (AvgIpc) is 3.13. The summed E-state index contributed by atoms with van der Waals surface area (Å²) in [7, 11) is 0. The standard InChI is InChI=1S/C22H43N5O10/c1-8(24)13-3-2-9(25)21(34-13)36-18-10(26)6-11(27-20(33)12(29)4-5-23)15(30)19(18)37-22-17(32)16(31)14(7-28)35-22/h8-19,21-22,28-32H,2-7,23-26H2,1H3,(H,27,33)/t8-,9-,10-,11+,12+,13+,14-,15-,16-,17-,18+,19+,21+,22-/m1/s1. The quantitative estimate of drug-likeness (QED) is 0.125. The van der Waals surface area contributed by atoms with E-state index >= 15 is 0 Å². The van der Waals surface area contributed by atoms with Crippen molar-refractivity contribution >= 4 is 5.91 Å². The number of carbonyl (C=O) groups excluding carboxylic acids is 1. The molecule has 15 nitrogen and oxygen atoms in total. The van der Waals surface area contributed by atoms with E-state index in [-0.39, 0.29) is 31.5 Å². The molecular weight excluding hydrogens is 494 g/mol. The number of nitrogens with one attached hydrogen (secondary N) is 1. The number of hydrogen-bond donors (Lipinski definition) is 10. The Balaban J connectivity index is 1.81. The summed E-state index contributed by atoms with van der Waals surface area (Å²) < 4.78 is 23.4. The highest BCUT2D eigenvalue weighted by molar-refractivity contribution is 5.80. The summed E-state index contributed by atoms with van der Waals surface area (Å²) in [6.07, 6.45) is -10.7. The van der Waals surface area contributed by atoms with Gasteiger partial charge in [-0.05, 0) is 39.2 Å².